The molecule has 0 spiro atoms. The molecule has 30 heavy (non-hydrogen) atoms. The number of rotatable bonds is 6. The number of carbonyl (C=O) groups excluding carboxylic acids is 5. The van der Waals surface area contributed by atoms with Gasteiger partial charge in [-0.1, -0.05) is 12.1 Å². The lowest BCUT2D eigenvalue weighted by molar-refractivity contribution is -0.156. The van der Waals surface area contributed by atoms with E-state index in [2.05, 4.69) is 5.32 Å². The minimum atomic E-state index is -1.21. The van der Waals surface area contributed by atoms with Crippen molar-refractivity contribution in [3.05, 3.63) is 65.2 Å². The van der Waals surface area contributed by atoms with E-state index in [0.717, 1.165) is 4.90 Å². The van der Waals surface area contributed by atoms with Crippen molar-refractivity contribution in [2.75, 3.05) is 5.32 Å². The maximum atomic E-state index is 12.5. The van der Waals surface area contributed by atoms with Crippen LogP contribution in [0, 0.1) is 0 Å². The van der Waals surface area contributed by atoms with E-state index in [1.807, 2.05) is 0 Å². The van der Waals surface area contributed by atoms with Gasteiger partial charge in [0, 0.05) is 11.3 Å². The number of nitrogens with zero attached hydrogens (tertiary/aromatic N) is 1. The van der Waals surface area contributed by atoms with Crippen molar-refractivity contribution < 1.29 is 28.7 Å². The molecule has 0 fully saturated rings. The van der Waals surface area contributed by atoms with Crippen LogP contribution in [-0.2, 0) is 14.3 Å². The van der Waals surface area contributed by atoms with Crippen molar-refractivity contribution >= 4 is 35.3 Å². The van der Waals surface area contributed by atoms with Crippen molar-refractivity contribution in [2.45, 2.75) is 26.0 Å². The van der Waals surface area contributed by atoms with E-state index in [0.29, 0.717) is 5.69 Å². The number of benzene rings is 2. The summed E-state index contributed by atoms with van der Waals surface area (Å²) in [4.78, 5) is 61.6. The highest BCUT2D eigenvalue weighted by Crippen LogP contribution is 2.25. The molecular weight excluding hydrogens is 390 g/mol. The maximum absolute atomic E-state index is 12.5. The van der Waals surface area contributed by atoms with Crippen LogP contribution in [0.25, 0.3) is 0 Å². The van der Waals surface area contributed by atoms with Gasteiger partial charge < -0.3 is 15.8 Å². The van der Waals surface area contributed by atoms with Crippen LogP contribution in [0.2, 0.25) is 0 Å². The summed E-state index contributed by atoms with van der Waals surface area (Å²) in [6.45, 7) is 2.72. The van der Waals surface area contributed by atoms with E-state index >= 15 is 0 Å². The number of fused-ring (bicyclic) bond motifs is 1. The fourth-order valence-corrected chi connectivity index (χ4v) is 2.95. The van der Waals surface area contributed by atoms with Gasteiger partial charge in [-0.2, -0.15) is 0 Å². The second-order valence-electron chi connectivity index (χ2n) is 6.71. The molecule has 2 atom stereocenters. The first-order valence-corrected chi connectivity index (χ1v) is 9.09. The number of carbonyl (C=O) groups is 5. The summed E-state index contributed by atoms with van der Waals surface area (Å²) >= 11 is 0. The lowest BCUT2D eigenvalue weighted by Gasteiger charge is -2.22. The van der Waals surface area contributed by atoms with Crippen molar-refractivity contribution in [1.82, 2.24) is 4.90 Å². The van der Waals surface area contributed by atoms with E-state index in [4.69, 9.17) is 10.5 Å². The van der Waals surface area contributed by atoms with E-state index in [-0.39, 0.29) is 16.7 Å². The third kappa shape index (κ3) is 3.90. The molecule has 0 bridgehead atoms. The number of imide groups is 1. The molecule has 4 amide bonds. The predicted molar refractivity (Wildman–Crippen MR) is 106 cm³/mol. The monoisotopic (exact) mass is 409 g/mol. The van der Waals surface area contributed by atoms with Crippen LogP contribution in [-0.4, -0.2) is 46.6 Å². The Morgan fingerprint density at radius 1 is 0.933 bits per heavy atom. The molecule has 3 N–H and O–H groups in total. The summed E-state index contributed by atoms with van der Waals surface area (Å²) < 4.78 is 5.14. The molecule has 0 aliphatic carbocycles. The summed E-state index contributed by atoms with van der Waals surface area (Å²) in [5.74, 6) is -3.29. The molecule has 3 rings (SSSR count). The number of amides is 4. The van der Waals surface area contributed by atoms with Crippen LogP contribution >= 0.6 is 0 Å². The Balaban J connectivity index is 1.62. The molecule has 2 aromatic carbocycles. The fourth-order valence-electron chi connectivity index (χ4n) is 2.95. The summed E-state index contributed by atoms with van der Waals surface area (Å²) in [5, 5.41) is 2.54. The Morgan fingerprint density at radius 2 is 1.47 bits per heavy atom. The quantitative estimate of drug-likeness (QED) is 0.546. The fraction of sp³-hybridized carbons (Fsp3) is 0.190. The van der Waals surface area contributed by atoms with Crippen molar-refractivity contribution in [3.8, 4) is 0 Å². The lowest BCUT2D eigenvalue weighted by Crippen LogP contribution is -2.45. The topological polar surface area (TPSA) is 136 Å². The summed E-state index contributed by atoms with van der Waals surface area (Å²) in [7, 11) is 0. The Bertz CT molecular complexity index is 1010. The number of hydrogen-bond acceptors (Lipinski definition) is 6. The number of nitrogens with two attached hydrogens (primary N) is 1. The minimum Gasteiger partial charge on any atom is -0.451 e. The zero-order valence-corrected chi connectivity index (χ0v) is 16.2. The summed E-state index contributed by atoms with van der Waals surface area (Å²) in [6.07, 6.45) is -1.19. The largest absolute Gasteiger partial charge is 0.451 e. The smallest absolute Gasteiger partial charge is 0.329 e. The third-order valence-corrected chi connectivity index (χ3v) is 4.65. The molecular formula is C21H19N3O6. The highest BCUT2D eigenvalue weighted by Gasteiger charge is 2.41. The van der Waals surface area contributed by atoms with Gasteiger partial charge in [-0.3, -0.25) is 24.1 Å². The molecule has 2 aromatic rings. The number of anilines is 1. The highest BCUT2D eigenvalue weighted by molar-refractivity contribution is 6.22. The SMILES string of the molecule is C[C@H](C(=O)O[C@H](C)C(=O)Nc1ccc(C(N)=O)cc1)N1C(=O)c2ccccc2C1=O. The molecule has 0 aromatic heterocycles. The van der Waals surface area contributed by atoms with Crippen LogP contribution in [0.4, 0.5) is 5.69 Å². The number of ether oxygens (including phenoxy) is 1. The van der Waals surface area contributed by atoms with Crippen molar-refractivity contribution in [1.29, 1.82) is 0 Å². The summed E-state index contributed by atoms with van der Waals surface area (Å²) in [6, 6.07) is 10.9. The first-order chi connectivity index (χ1) is 14.2. The van der Waals surface area contributed by atoms with E-state index < -0.39 is 41.7 Å². The van der Waals surface area contributed by atoms with Gasteiger partial charge in [0.25, 0.3) is 17.7 Å². The maximum Gasteiger partial charge on any atom is 0.329 e. The lowest BCUT2D eigenvalue weighted by atomic mass is 10.1. The normalized spacial score (nSPS) is 14.7. The third-order valence-electron chi connectivity index (χ3n) is 4.65. The van der Waals surface area contributed by atoms with Crippen LogP contribution in [0.1, 0.15) is 44.9 Å². The molecule has 0 saturated carbocycles. The van der Waals surface area contributed by atoms with Gasteiger partial charge >= 0.3 is 5.97 Å². The zero-order chi connectivity index (χ0) is 22.0. The zero-order valence-electron chi connectivity index (χ0n) is 16.2. The minimum absolute atomic E-state index is 0.215. The van der Waals surface area contributed by atoms with Gasteiger partial charge in [0.15, 0.2) is 6.10 Å². The Labute approximate surface area is 171 Å². The molecule has 9 nitrogen and oxygen atoms in total. The van der Waals surface area contributed by atoms with Crippen LogP contribution in [0.3, 0.4) is 0 Å². The molecule has 0 saturated heterocycles. The Morgan fingerprint density at radius 3 is 1.97 bits per heavy atom. The first kappa shape index (κ1) is 20.7. The predicted octanol–water partition coefficient (Wildman–Crippen LogP) is 1.34. The van der Waals surface area contributed by atoms with Gasteiger partial charge in [0.2, 0.25) is 5.91 Å². The second kappa shape index (κ2) is 8.16. The molecule has 0 unspecified atom stereocenters. The van der Waals surface area contributed by atoms with Crippen molar-refractivity contribution in [3.63, 3.8) is 0 Å². The highest BCUT2D eigenvalue weighted by atomic mass is 16.5. The molecule has 0 radical (unpaired) electrons. The van der Waals surface area contributed by atoms with Gasteiger partial charge in [0.1, 0.15) is 6.04 Å². The average molecular weight is 409 g/mol. The van der Waals surface area contributed by atoms with Crippen LogP contribution in [0.5, 0.6) is 0 Å². The van der Waals surface area contributed by atoms with E-state index in [1.165, 1.54) is 50.2 Å². The van der Waals surface area contributed by atoms with Gasteiger partial charge in [-0.05, 0) is 50.2 Å². The Hall–Kier alpha value is -4.01. The van der Waals surface area contributed by atoms with Gasteiger partial charge in [0.05, 0.1) is 11.1 Å². The summed E-state index contributed by atoms with van der Waals surface area (Å²) in [5.41, 5.74) is 6.25. The molecule has 1 aliphatic heterocycles. The number of primary amides is 1. The molecule has 154 valence electrons. The van der Waals surface area contributed by atoms with Gasteiger partial charge in [-0.25, -0.2) is 4.79 Å². The molecule has 1 heterocycles. The van der Waals surface area contributed by atoms with Crippen molar-refractivity contribution in [2.24, 2.45) is 5.73 Å². The van der Waals surface area contributed by atoms with Crippen LogP contribution in [0.15, 0.2) is 48.5 Å². The van der Waals surface area contributed by atoms with Crippen LogP contribution < -0.4 is 11.1 Å². The van der Waals surface area contributed by atoms with E-state index in [1.54, 1.807) is 12.1 Å². The number of nitrogens with one attached hydrogen (secondary N) is 1. The van der Waals surface area contributed by atoms with E-state index in [9.17, 15) is 24.0 Å². The molecule has 9 heteroatoms. The van der Waals surface area contributed by atoms with Gasteiger partial charge in [-0.15, -0.1) is 0 Å². The second-order valence-corrected chi connectivity index (χ2v) is 6.71. The number of hydrogen-bond donors (Lipinski definition) is 2. The Kier molecular flexibility index (Phi) is 5.63. The average Bonchev–Trinajstić information content (AvgIpc) is 2.98. The number of esters is 1. The first-order valence-electron chi connectivity index (χ1n) is 9.09. The standard InChI is InChI=1S/C21H19N3O6/c1-11(24-19(27)15-5-3-4-6-16(15)20(24)28)21(29)30-12(2)18(26)23-14-9-7-13(8-10-14)17(22)25/h3-12H,1-2H3,(H2,22,25)(H,23,26)/t11-,12-/m1/s1. The molecule has 1 aliphatic rings.